The van der Waals surface area contributed by atoms with Gasteiger partial charge in [-0.1, -0.05) is 16.3 Å². The number of carboxylic acids is 1. The van der Waals surface area contributed by atoms with Crippen molar-refractivity contribution < 1.29 is 27.6 Å². The van der Waals surface area contributed by atoms with Crippen molar-refractivity contribution in [3.05, 3.63) is 46.7 Å². The Kier molecular flexibility index (Phi) is 5.81. The summed E-state index contributed by atoms with van der Waals surface area (Å²) in [4.78, 5) is 25.1. The number of anilines is 2. The van der Waals surface area contributed by atoms with Crippen molar-refractivity contribution in [2.45, 2.75) is 45.4 Å². The third-order valence-electron chi connectivity index (χ3n) is 6.82. The van der Waals surface area contributed by atoms with E-state index in [1.807, 2.05) is 13.8 Å². The van der Waals surface area contributed by atoms with Crippen molar-refractivity contribution >= 4 is 33.5 Å². The lowest BCUT2D eigenvalue weighted by Gasteiger charge is -2.26. The number of carbonyl (C=O) groups excluding carboxylic acids is 1. The average Bonchev–Trinajstić information content (AvgIpc) is 3.41. The zero-order chi connectivity index (χ0) is 24.1. The van der Waals surface area contributed by atoms with Crippen LogP contribution in [0.2, 0.25) is 0 Å². The molecule has 4 rings (SSSR count). The maximum absolute atomic E-state index is 13.1. The molecular formula is C23H27N3O6S. The summed E-state index contributed by atoms with van der Waals surface area (Å²) >= 11 is 0. The van der Waals surface area contributed by atoms with Gasteiger partial charge in [0, 0.05) is 11.3 Å². The van der Waals surface area contributed by atoms with E-state index in [1.54, 1.807) is 13.8 Å². The van der Waals surface area contributed by atoms with Crippen LogP contribution in [0.4, 0.5) is 11.6 Å². The number of rotatable bonds is 6. The molecule has 1 amide bonds. The molecular weight excluding hydrogens is 446 g/mol. The Labute approximate surface area is 192 Å². The first kappa shape index (κ1) is 23.0. The summed E-state index contributed by atoms with van der Waals surface area (Å²) in [7, 11) is -3.91. The highest BCUT2D eigenvalue weighted by Gasteiger charge is 2.57. The molecule has 1 aromatic heterocycles. The smallest absolute Gasteiger partial charge is 0.307 e. The summed E-state index contributed by atoms with van der Waals surface area (Å²) in [6.07, 6.45) is 1.59. The fourth-order valence-corrected chi connectivity index (χ4v) is 6.29. The van der Waals surface area contributed by atoms with Crippen LogP contribution in [0.3, 0.4) is 0 Å². The highest BCUT2D eigenvalue weighted by Crippen LogP contribution is 2.57. The van der Waals surface area contributed by atoms with Crippen LogP contribution in [0, 0.1) is 37.5 Å². The van der Waals surface area contributed by atoms with Gasteiger partial charge in [-0.3, -0.25) is 9.59 Å². The maximum atomic E-state index is 13.1. The van der Waals surface area contributed by atoms with Crippen LogP contribution < -0.4 is 10.0 Å². The fourth-order valence-electron chi connectivity index (χ4n) is 5.24. The highest BCUT2D eigenvalue weighted by atomic mass is 32.2. The van der Waals surface area contributed by atoms with Crippen LogP contribution in [0.5, 0.6) is 0 Å². The number of aromatic nitrogens is 1. The Balaban J connectivity index is 1.51. The standard InChI is InChI=1S/C23H27N3O6S/c1-11(2)18-16-9-10-17(18)20(23(28)29)19(16)21(27)24-14-5-7-15(8-6-14)33(30,31)26-22-12(3)13(4)25-32-22/h5-8,16-17,19-20,26H,9-10H2,1-4H3,(H,24,27)(H,28,29). The van der Waals surface area contributed by atoms with Gasteiger partial charge in [0.25, 0.3) is 10.0 Å². The Morgan fingerprint density at radius 1 is 1.06 bits per heavy atom. The van der Waals surface area contributed by atoms with E-state index in [0.29, 0.717) is 16.9 Å². The summed E-state index contributed by atoms with van der Waals surface area (Å²) in [5.41, 5.74) is 3.77. The van der Waals surface area contributed by atoms with Crippen molar-refractivity contribution in [2.24, 2.45) is 23.7 Å². The molecule has 0 aliphatic heterocycles. The van der Waals surface area contributed by atoms with E-state index in [1.165, 1.54) is 24.3 Å². The molecule has 2 saturated carbocycles. The zero-order valence-corrected chi connectivity index (χ0v) is 19.7. The van der Waals surface area contributed by atoms with Crippen LogP contribution >= 0.6 is 0 Å². The first-order chi connectivity index (χ1) is 15.5. The second-order valence-corrected chi connectivity index (χ2v) is 10.7. The molecule has 1 aromatic carbocycles. The average molecular weight is 474 g/mol. The lowest BCUT2D eigenvalue weighted by Crippen LogP contribution is -2.37. The fraction of sp³-hybridized carbons (Fsp3) is 0.435. The Bertz CT molecular complexity index is 1240. The largest absolute Gasteiger partial charge is 0.481 e. The van der Waals surface area contributed by atoms with Crippen molar-refractivity contribution in [2.75, 3.05) is 10.0 Å². The molecule has 2 aliphatic carbocycles. The number of carbonyl (C=O) groups is 2. The molecule has 2 aliphatic rings. The second-order valence-electron chi connectivity index (χ2n) is 8.98. The van der Waals surface area contributed by atoms with Crippen molar-refractivity contribution in [1.82, 2.24) is 5.16 Å². The zero-order valence-electron chi connectivity index (χ0n) is 18.9. The highest BCUT2D eigenvalue weighted by molar-refractivity contribution is 7.92. The van der Waals surface area contributed by atoms with Crippen molar-refractivity contribution in [1.29, 1.82) is 0 Å². The number of aliphatic carboxylic acids is 1. The van der Waals surface area contributed by atoms with Crippen molar-refractivity contribution in [3.63, 3.8) is 0 Å². The molecule has 2 bridgehead atoms. The van der Waals surface area contributed by atoms with Crippen LogP contribution in [-0.2, 0) is 19.6 Å². The molecule has 1 heterocycles. The van der Waals surface area contributed by atoms with Gasteiger partial charge in [0.05, 0.1) is 22.4 Å². The van der Waals surface area contributed by atoms with Crippen LogP contribution in [0.1, 0.15) is 37.9 Å². The molecule has 33 heavy (non-hydrogen) atoms. The van der Waals surface area contributed by atoms with E-state index in [-0.39, 0.29) is 28.5 Å². The first-order valence-corrected chi connectivity index (χ1v) is 12.3. The quantitative estimate of drug-likeness (QED) is 0.543. The molecule has 0 spiro atoms. The molecule has 4 unspecified atom stereocenters. The molecule has 2 fully saturated rings. The number of amides is 1. The number of benzene rings is 1. The number of aryl methyl sites for hydroxylation is 1. The topological polar surface area (TPSA) is 139 Å². The summed E-state index contributed by atoms with van der Waals surface area (Å²) in [5.74, 6) is -2.81. The Hall–Kier alpha value is -3.14. The van der Waals surface area contributed by atoms with E-state index in [4.69, 9.17) is 4.52 Å². The van der Waals surface area contributed by atoms with Crippen molar-refractivity contribution in [3.8, 4) is 0 Å². The van der Waals surface area contributed by atoms with Gasteiger partial charge in [-0.25, -0.2) is 13.1 Å². The maximum Gasteiger partial charge on any atom is 0.307 e. The van der Waals surface area contributed by atoms with E-state index < -0.39 is 27.8 Å². The Morgan fingerprint density at radius 2 is 1.67 bits per heavy atom. The molecule has 9 nitrogen and oxygen atoms in total. The number of hydrogen-bond donors (Lipinski definition) is 3. The third-order valence-corrected chi connectivity index (χ3v) is 8.17. The second kappa shape index (κ2) is 8.33. The number of hydrogen-bond acceptors (Lipinski definition) is 6. The summed E-state index contributed by atoms with van der Waals surface area (Å²) in [6, 6.07) is 5.70. The van der Waals surface area contributed by atoms with Gasteiger partial charge >= 0.3 is 5.97 Å². The lowest BCUT2D eigenvalue weighted by atomic mass is 9.78. The van der Waals surface area contributed by atoms with Gasteiger partial charge in [0.2, 0.25) is 11.8 Å². The summed E-state index contributed by atoms with van der Waals surface area (Å²) in [6.45, 7) is 7.34. The van der Waals surface area contributed by atoms with Gasteiger partial charge in [-0.05, 0) is 76.6 Å². The molecule has 4 atom stereocenters. The first-order valence-electron chi connectivity index (χ1n) is 10.8. The van der Waals surface area contributed by atoms with Gasteiger partial charge in [-0.15, -0.1) is 0 Å². The van der Waals surface area contributed by atoms with Gasteiger partial charge in [-0.2, -0.15) is 0 Å². The predicted molar refractivity (Wildman–Crippen MR) is 121 cm³/mol. The minimum atomic E-state index is -3.91. The predicted octanol–water partition coefficient (Wildman–Crippen LogP) is 3.72. The van der Waals surface area contributed by atoms with E-state index >= 15 is 0 Å². The normalized spacial score (nSPS) is 24.1. The van der Waals surface area contributed by atoms with E-state index in [9.17, 15) is 23.1 Å². The number of carboxylic acid groups (broad SMARTS) is 1. The molecule has 10 heteroatoms. The minimum absolute atomic E-state index is 0.0101. The monoisotopic (exact) mass is 473 g/mol. The van der Waals surface area contributed by atoms with Crippen LogP contribution in [0.25, 0.3) is 0 Å². The molecule has 176 valence electrons. The number of fused-ring (bicyclic) bond motifs is 2. The van der Waals surface area contributed by atoms with Crippen LogP contribution in [-0.4, -0.2) is 30.6 Å². The lowest BCUT2D eigenvalue weighted by molar-refractivity contribution is -0.148. The van der Waals surface area contributed by atoms with Crippen LogP contribution in [0.15, 0.2) is 44.8 Å². The molecule has 0 radical (unpaired) electrons. The minimum Gasteiger partial charge on any atom is -0.481 e. The number of nitrogens with one attached hydrogen (secondary N) is 2. The van der Waals surface area contributed by atoms with E-state index in [0.717, 1.165) is 24.0 Å². The number of sulfonamides is 1. The summed E-state index contributed by atoms with van der Waals surface area (Å²) < 4.78 is 32.7. The van der Waals surface area contributed by atoms with Gasteiger partial charge in [0.15, 0.2) is 0 Å². The Morgan fingerprint density at radius 3 is 2.18 bits per heavy atom. The number of nitrogens with zero attached hydrogens (tertiary/aromatic N) is 1. The summed E-state index contributed by atoms with van der Waals surface area (Å²) in [5, 5.41) is 16.3. The number of allylic oxidation sites excluding steroid dienone is 2. The molecule has 2 aromatic rings. The molecule has 3 N–H and O–H groups in total. The SMILES string of the molecule is CC(C)=C1C2CCC1C(C(=O)Nc1ccc(S(=O)(=O)Nc3onc(C)c3C)cc1)C2C(=O)O. The molecule has 0 saturated heterocycles. The van der Waals surface area contributed by atoms with Gasteiger partial charge < -0.3 is 14.9 Å². The van der Waals surface area contributed by atoms with Gasteiger partial charge in [0.1, 0.15) is 0 Å². The third kappa shape index (κ3) is 4.03. The van der Waals surface area contributed by atoms with E-state index in [2.05, 4.69) is 15.2 Å².